The highest BCUT2D eigenvalue weighted by Gasteiger charge is 2.25. The number of likely N-dealkylation sites (N-methyl/N-ethyl adjacent to an activating group) is 1. The first kappa shape index (κ1) is 20.0. The molecule has 0 aliphatic heterocycles. The van der Waals surface area contributed by atoms with Crippen molar-refractivity contribution in [2.24, 2.45) is 0 Å². The monoisotopic (exact) mass is 354 g/mol. The number of hydrogen-bond acceptors (Lipinski definition) is 3. The zero-order chi connectivity index (χ0) is 18.9. The minimum absolute atomic E-state index is 0.0132. The molecule has 2 rings (SSSR count). The number of nitrogens with zero attached hydrogens (tertiary/aromatic N) is 1. The average molecular weight is 354 g/mol. The molecule has 0 fully saturated rings. The minimum atomic E-state index is -0.288. The van der Waals surface area contributed by atoms with Gasteiger partial charge in [-0.1, -0.05) is 62.4 Å². The molecule has 2 aromatic rings. The van der Waals surface area contributed by atoms with Crippen LogP contribution in [0.4, 0.5) is 0 Å². The van der Waals surface area contributed by atoms with Crippen molar-refractivity contribution in [2.45, 2.75) is 46.4 Å². The third kappa shape index (κ3) is 5.33. The molecule has 0 heterocycles. The molecule has 0 aliphatic carbocycles. The Labute approximate surface area is 157 Å². The van der Waals surface area contributed by atoms with Gasteiger partial charge < -0.3 is 10.1 Å². The number of carbonyl (C=O) groups is 1. The van der Waals surface area contributed by atoms with E-state index >= 15 is 0 Å². The highest BCUT2D eigenvalue weighted by molar-refractivity contribution is 5.83. The van der Waals surface area contributed by atoms with Crippen molar-refractivity contribution in [1.82, 2.24) is 10.2 Å². The fraction of sp³-hybridized carbons (Fsp3) is 0.409. The summed E-state index contributed by atoms with van der Waals surface area (Å²) in [5.74, 6) is 0.834. The molecule has 26 heavy (non-hydrogen) atoms. The van der Waals surface area contributed by atoms with Crippen LogP contribution in [0.1, 0.15) is 44.9 Å². The molecule has 2 aromatic carbocycles. The number of ether oxygens (including phenoxy) is 1. The number of para-hydroxylation sites is 1. The number of carbonyl (C=O) groups excluding carboxylic acids is 1. The van der Waals surface area contributed by atoms with Gasteiger partial charge in [0.15, 0.2) is 0 Å². The van der Waals surface area contributed by atoms with E-state index in [2.05, 4.69) is 24.1 Å². The lowest BCUT2D eigenvalue weighted by atomic mass is 10.0. The lowest BCUT2D eigenvalue weighted by Crippen LogP contribution is -2.40. The number of benzene rings is 2. The van der Waals surface area contributed by atoms with Gasteiger partial charge in [0, 0.05) is 12.1 Å². The van der Waals surface area contributed by atoms with E-state index in [4.69, 9.17) is 4.74 Å². The van der Waals surface area contributed by atoms with Crippen LogP contribution in [0, 0.1) is 0 Å². The van der Waals surface area contributed by atoms with Gasteiger partial charge in [0.25, 0.3) is 0 Å². The van der Waals surface area contributed by atoms with Gasteiger partial charge in [-0.05, 0) is 38.6 Å². The van der Waals surface area contributed by atoms with Crippen LogP contribution in [0.25, 0.3) is 0 Å². The largest absolute Gasteiger partial charge is 0.491 e. The number of amides is 1. The summed E-state index contributed by atoms with van der Waals surface area (Å²) in [5.41, 5.74) is 2.00. The second kappa shape index (κ2) is 9.97. The molecule has 0 aliphatic rings. The van der Waals surface area contributed by atoms with Gasteiger partial charge in [0.1, 0.15) is 11.8 Å². The first-order valence-corrected chi connectivity index (χ1v) is 9.38. The highest BCUT2D eigenvalue weighted by Crippen LogP contribution is 2.22. The molecule has 140 valence electrons. The van der Waals surface area contributed by atoms with Crippen LogP contribution in [0.2, 0.25) is 0 Å². The Morgan fingerprint density at radius 2 is 1.62 bits per heavy atom. The zero-order valence-corrected chi connectivity index (χ0v) is 16.2. The fourth-order valence-electron chi connectivity index (χ4n) is 3.05. The normalized spacial score (nSPS) is 12.2. The Bertz CT molecular complexity index is 682. The molecular formula is C22H30N2O2. The van der Waals surface area contributed by atoms with Crippen LogP contribution in [-0.4, -0.2) is 30.0 Å². The first-order chi connectivity index (χ1) is 12.6. The van der Waals surface area contributed by atoms with Crippen molar-refractivity contribution in [1.29, 1.82) is 0 Å². The van der Waals surface area contributed by atoms with Crippen LogP contribution >= 0.6 is 0 Å². The molecule has 4 heteroatoms. The summed E-state index contributed by atoms with van der Waals surface area (Å²) in [6, 6.07) is 17.5. The standard InChI is InChI=1S/C22H30N2O2/c1-5-24(6-2)21(18-12-8-7-9-13-18)22(25)23-16-19-14-10-11-15-20(19)26-17(3)4/h7-15,17,21H,5-6,16H2,1-4H3,(H,23,25). The minimum Gasteiger partial charge on any atom is -0.491 e. The summed E-state index contributed by atoms with van der Waals surface area (Å²) >= 11 is 0. The second-order valence-corrected chi connectivity index (χ2v) is 6.53. The number of nitrogens with one attached hydrogen (secondary N) is 1. The topological polar surface area (TPSA) is 41.6 Å². The molecule has 0 saturated carbocycles. The third-order valence-corrected chi connectivity index (χ3v) is 4.33. The van der Waals surface area contributed by atoms with Gasteiger partial charge in [-0.15, -0.1) is 0 Å². The van der Waals surface area contributed by atoms with Crippen LogP contribution in [-0.2, 0) is 11.3 Å². The van der Waals surface area contributed by atoms with Crippen molar-refractivity contribution < 1.29 is 9.53 Å². The van der Waals surface area contributed by atoms with Gasteiger partial charge in [-0.3, -0.25) is 9.69 Å². The van der Waals surface area contributed by atoms with Crippen molar-refractivity contribution in [3.63, 3.8) is 0 Å². The van der Waals surface area contributed by atoms with E-state index in [9.17, 15) is 4.79 Å². The quantitative estimate of drug-likeness (QED) is 0.735. The molecule has 0 aromatic heterocycles. The average Bonchev–Trinajstić information content (AvgIpc) is 2.65. The van der Waals surface area contributed by atoms with E-state index < -0.39 is 0 Å². The van der Waals surface area contributed by atoms with Gasteiger partial charge in [-0.25, -0.2) is 0 Å². The van der Waals surface area contributed by atoms with E-state index in [0.29, 0.717) is 6.54 Å². The molecule has 1 atom stereocenters. The molecule has 0 radical (unpaired) electrons. The molecule has 1 amide bonds. The maximum atomic E-state index is 13.0. The summed E-state index contributed by atoms with van der Waals surface area (Å²) in [4.78, 5) is 15.2. The summed E-state index contributed by atoms with van der Waals surface area (Å²) in [6.45, 7) is 10.2. The van der Waals surface area contributed by atoms with Gasteiger partial charge >= 0.3 is 0 Å². The maximum absolute atomic E-state index is 13.0. The van der Waals surface area contributed by atoms with E-state index in [0.717, 1.165) is 30.0 Å². The smallest absolute Gasteiger partial charge is 0.242 e. The molecule has 1 unspecified atom stereocenters. The fourth-order valence-corrected chi connectivity index (χ4v) is 3.05. The van der Waals surface area contributed by atoms with Crippen molar-refractivity contribution >= 4 is 5.91 Å². The first-order valence-electron chi connectivity index (χ1n) is 9.38. The van der Waals surface area contributed by atoms with Gasteiger partial charge in [-0.2, -0.15) is 0 Å². The molecule has 0 saturated heterocycles. The Morgan fingerprint density at radius 1 is 1.00 bits per heavy atom. The van der Waals surface area contributed by atoms with E-state index in [-0.39, 0.29) is 18.1 Å². The third-order valence-electron chi connectivity index (χ3n) is 4.33. The molecule has 1 N–H and O–H groups in total. The lowest BCUT2D eigenvalue weighted by molar-refractivity contribution is -0.126. The Balaban J connectivity index is 2.15. The molecule has 4 nitrogen and oxygen atoms in total. The van der Waals surface area contributed by atoms with Gasteiger partial charge in [0.05, 0.1) is 6.10 Å². The van der Waals surface area contributed by atoms with Crippen molar-refractivity contribution in [3.8, 4) is 5.75 Å². The molecule has 0 spiro atoms. The maximum Gasteiger partial charge on any atom is 0.242 e. The van der Waals surface area contributed by atoms with E-state index in [1.807, 2.05) is 68.4 Å². The van der Waals surface area contributed by atoms with Crippen molar-refractivity contribution in [2.75, 3.05) is 13.1 Å². The molecule has 0 bridgehead atoms. The second-order valence-electron chi connectivity index (χ2n) is 6.53. The summed E-state index contributed by atoms with van der Waals surface area (Å²) in [5, 5.41) is 3.10. The highest BCUT2D eigenvalue weighted by atomic mass is 16.5. The Morgan fingerprint density at radius 3 is 2.23 bits per heavy atom. The lowest BCUT2D eigenvalue weighted by Gasteiger charge is -2.29. The summed E-state index contributed by atoms with van der Waals surface area (Å²) in [6.07, 6.45) is 0.0968. The van der Waals surface area contributed by atoms with Crippen LogP contribution in [0.3, 0.4) is 0 Å². The zero-order valence-electron chi connectivity index (χ0n) is 16.2. The number of rotatable bonds is 9. The predicted octanol–water partition coefficient (Wildman–Crippen LogP) is 4.17. The molecular weight excluding hydrogens is 324 g/mol. The summed E-state index contributed by atoms with van der Waals surface area (Å²) in [7, 11) is 0. The summed E-state index contributed by atoms with van der Waals surface area (Å²) < 4.78 is 5.85. The van der Waals surface area contributed by atoms with Crippen molar-refractivity contribution in [3.05, 3.63) is 65.7 Å². The van der Waals surface area contributed by atoms with Gasteiger partial charge in [0.2, 0.25) is 5.91 Å². The van der Waals surface area contributed by atoms with E-state index in [1.165, 1.54) is 0 Å². The Kier molecular flexibility index (Phi) is 7.67. The van der Waals surface area contributed by atoms with Crippen LogP contribution in [0.5, 0.6) is 5.75 Å². The van der Waals surface area contributed by atoms with E-state index in [1.54, 1.807) is 0 Å². The number of hydrogen-bond donors (Lipinski definition) is 1. The SMILES string of the molecule is CCN(CC)C(C(=O)NCc1ccccc1OC(C)C)c1ccccc1. The van der Waals surface area contributed by atoms with Crippen LogP contribution in [0.15, 0.2) is 54.6 Å². The predicted molar refractivity (Wildman–Crippen MR) is 106 cm³/mol. The van der Waals surface area contributed by atoms with Crippen LogP contribution < -0.4 is 10.1 Å². The Hall–Kier alpha value is -2.33.